The first-order valence-electron chi connectivity index (χ1n) is 17.0. The van der Waals surface area contributed by atoms with Crippen molar-refractivity contribution >= 4 is 45.6 Å². The van der Waals surface area contributed by atoms with Crippen molar-refractivity contribution in [2.24, 2.45) is 21.7 Å². The van der Waals surface area contributed by atoms with Crippen LogP contribution >= 0.6 is 22.7 Å². The van der Waals surface area contributed by atoms with E-state index >= 15 is 0 Å². The molecular weight excluding hydrogens is 629 g/mol. The molecule has 4 nitrogen and oxygen atoms in total. The zero-order chi connectivity index (χ0) is 35.0. The van der Waals surface area contributed by atoms with Gasteiger partial charge in [0.05, 0.1) is 11.4 Å². The third kappa shape index (κ3) is 4.51. The molecule has 0 amide bonds. The normalized spacial score (nSPS) is 20.1. The Labute approximate surface area is 294 Å². The second-order valence-electron chi connectivity index (χ2n) is 17.9. The van der Waals surface area contributed by atoms with Crippen LogP contribution in [0.2, 0.25) is 0 Å². The van der Waals surface area contributed by atoms with E-state index in [-0.39, 0.29) is 33.2 Å². The van der Waals surface area contributed by atoms with Crippen molar-refractivity contribution in [3.05, 3.63) is 93.8 Å². The van der Waals surface area contributed by atoms with E-state index in [0.29, 0.717) is 0 Å². The van der Waals surface area contributed by atoms with Crippen LogP contribution in [-0.2, 0) is 9.59 Å². The maximum Gasteiger partial charge on any atom is 0.185 e. The van der Waals surface area contributed by atoms with Crippen molar-refractivity contribution in [2.75, 3.05) is 9.80 Å². The molecule has 2 aromatic heterocycles. The molecule has 2 aliphatic carbocycles. The van der Waals surface area contributed by atoms with Gasteiger partial charge in [-0.1, -0.05) is 107 Å². The lowest BCUT2D eigenvalue weighted by molar-refractivity contribution is -0.114. The number of allylic oxidation sites excluding steroid dienone is 4. The van der Waals surface area contributed by atoms with Crippen LogP contribution in [0.15, 0.2) is 93.8 Å². The van der Waals surface area contributed by atoms with Gasteiger partial charge in [0, 0.05) is 43.2 Å². The first-order chi connectivity index (χ1) is 22.1. The van der Waals surface area contributed by atoms with E-state index in [4.69, 9.17) is 0 Å². The number of benzene rings is 1. The highest BCUT2D eigenvalue weighted by molar-refractivity contribution is 7.14. The number of Topliss-reactive ketones (excluding diaryl/α,β-unsaturated/α-hetero) is 2. The van der Waals surface area contributed by atoms with Crippen molar-refractivity contribution < 1.29 is 9.59 Å². The van der Waals surface area contributed by atoms with Crippen LogP contribution in [0.1, 0.15) is 83.1 Å². The summed E-state index contributed by atoms with van der Waals surface area (Å²) in [6.07, 6.45) is 8.99. The van der Waals surface area contributed by atoms with E-state index in [2.05, 4.69) is 164 Å². The van der Waals surface area contributed by atoms with Gasteiger partial charge < -0.3 is 9.80 Å². The molecule has 3 aromatic rings. The molecule has 1 saturated heterocycles. The van der Waals surface area contributed by atoms with Crippen molar-refractivity contribution in [3.63, 3.8) is 0 Å². The van der Waals surface area contributed by atoms with Crippen molar-refractivity contribution in [2.45, 2.75) is 94.4 Å². The van der Waals surface area contributed by atoms with Crippen molar-refractivity contribution in [1.29, 1.82) is 0 Å². The van der Waals surface area contributed by atoms with Gasteiger partial charge in [0.25, 0.3) is 0 Å². The molecule has 0 saturated carbocycles. The zero-order valence-corrected chi connectivity index (χ0v) is 32.1. The molecule has 5 aliphatic rings. The first-order valence-corrected chi connectivity index (χ1v) is 18.8. The van der Waals surface area contributed by atoms with Gasteiger partial charge in [-0.2, -0.15) is 0 Å². The van der Waals surface area contributed by atoms with E-state index in [1.807, 2.05) is 0 Å². The van der Waals surface area contributed by atoms with Crippen LogP contribution in [0.3, 0.4) is 0 Å². The summed E-state index contributed by atoms with van der Waals surface area (Å²) >= 11 is 3.49. The lowest BCUT2D eigenvalue weighted by Crippen LogP contribution is -2.83. The standard InChI is InChI=1S/C42H48N2O2S2/c1-37(2,3)27-21-41(22-28(35(27)45)38(4,5)6)43-33-25(31-15-13-19-47-31)17-18-26(32-16-14-20-48-32)34(33)44(41)42(43)23-29(39(7,8)9)36(46)30(24-42)40(10,11)12/h13-24H,1-12H3. The molecule has 250 valence electrons. The Morgan fingerprint density at radius 2 is 0.771 bits per heavy atom. The SMILES string of the molecule is CC(C)(C)C1=CC2(C=C(C(C)(C)C)C1=O)N1c3c(-c4cccs4)ccc(-c4cccs4)c3N2C12C=C(C(C)(C)C)C(=O)C(C(C)(C)C)=C2. The van der Waals surface area contributed by atoms with Gasteiger partial charge >= 0.3 is 0 Å². The highest BCUT2D eigenvalue weighted by Crippen LogP contribution is 2.71. The van der Waals surface area contributed by atoms with Crippen LogP contribution in [0, 0.1) is 21.7 Å². The monoisotopic (exact) mass is 676 g/mol. The van der Waals surface area contributed by atoms with Crippen LogP contribution in [-0.4, -0.2) is 22.9 Å². The molecule has 48 heavy (non-hydrogen) atoms. The zero-order valence-electron chi connectivity index (χ0n) is 30.5. The fourth-order valence-electron chi connectivity index (χ4n) is 7.97. The summed E-state index contributed by atoms with van der Waals surface area (Å²) in [6, 6.07) is 13.2. The number of carbonyl (C=O) groups excluding carboxylic acids is 2. The third-order valence-electron chi connectivity index (χ3n) is 10.2. The number of anilines is 2. The fraction of sp³-hybridized carbons (Fsp3) is 0.429. The molecule has 0 radical (unpaired) electrons. The number of nitrogens with zero attached hydrogens (tertiary/aromatic N) is 2. The average Bonchev–Trinajstić information content (AvgIpc) is 3.75. The summed E-state index contributed by atoms with van der Waals surface area (Å²) in [6.45, 7) is 25.7. The van der Waals surface area contributed by atoms with E-state index in [1.54, 1.807) is 22.7 Å². The smallest absolute Gasteiger partial charge is 0.185 e. The Balaban J connectivity index is 1.66. The number of rotatable bonds is 2. The molecule has 2 bridgehead atoms. The Hall–Kier alpha value is -3.48. The van der Waals surface area contributed by atoms with Gasteiger partial charge in [-0.25, -0.2) is 0 Å². The summed E-state index contributed by atoms with van der Waals surface area (Å²) in [5.41, 5.74) is 4.95. The molecule has 2 spiro atoms. The summed E-state index contributed by atoms with van der Waals surface area (Å²) in [5, 5.41) is 4.27. The van der Waals surface area contributed by atoms with Gasteiger partial charge in [0.2, 0.25) is 0 Å². The number of hydrogen-bond donors (Lipinski definition) is 0. The minimum atomic E-state index is -0.750. The van der Waals surface area contributed by atoms with Crippen LogP contribution < -0.4 is 9.80 Å². The average molecular weight is 677 g/mol. The minimum Gasteiger partial charge on any atom is -0.309 e. The number of hydrogen-bond acceptors (Lipinski definition) is 6. The van der Waals surface area contributed by atoms with Crippen LogP contribution in [0.25, 0.3) is 20.9 Å². The topological polar surface area (TPSA) is 40.6 Å². The predicted molar refractivity (Wildman–Crippen MR) is 204 cm³/mol. The van der Waals surface area contributed by atoms with E-state index in [9.17, 15) is 9.59 Å². The Bertz CT molecular complexity index is 1760. The Kier molecular flexibility index (Phi) is 6.91. The number of ketones is 2. The van der Waals surface area contributed by atoms with Gasteiger partial charge in [-0.15, -0.1) is 22.7 Å². The number of thiophene rings is 2. The van der Waals surface area contributed by atoms with Gasteiger partial charge in [-0.05, 0) is 68.9 Å². The lowest BCUT2D eigenvalue weighted by atomic mass is 9.65. The summed E-state index contributed by atoms with van der Waals surface area (Å²) in [4.78, 5) is 36.3. The summed E-state index contributed by atoms with van der Waals surface area (Å²) in [7, 11) is 0. The van der Waals surface area contributed by atoms with Crippen molar-refractivity contribution in [1.82, 2.24) is 0 Å². The molecular formula is C42H48N2O2S2. The molecule has 0 unspecified atom stereocenters. The summed E-state index contributed by atoms with van der Waals surface area (Å²) in [5.74, 6) is 0.250. The van der Waals surface area contributed by atoms with Crippen LogP contribution in [0.5, 0.6) is 0 Å². The molecule has 3 aliphatic heterocycles. The van der Waals surface area contributed by atoms with Gasteiger partial charge in [0.15, 0.2) is 22.9 Å². The second kappa shape index (κ2) is 10.0. The van der Waals surface area contributed by atoms with Gasteiger partial charge in [0.1, 0.15) is 0 Å². The molecule has 1 aromatic carbocycles. The fourth-order valence-corrected chi connectivity index (χ4v) is 9.47. The molecule has 5 heterocycles. The third-order valence-corrected chi connectivity index (χ3v) is 12.0. The van der Waals surface area contributed by atoms with E-state index in [1.165, 1.54) is 20.9 Å². The van der Waals surface area contributed by atoms with E-state index < -0.39 is 11.3 Å². The largest absolute Gasteiger partial charge is 0.309 e. The first kappa shape index (κ1) is 33.0. The van der Waals surface area contributed by atoms with Gasteiger partial charge in [-0.3, -0.25) is 9.59 Å². The summed E-state index contributed by atoms with van der Waals surface area (Å²) < 4.78 is 0. The quantitative estimate of drug-likeness (QED) is 0.271. The molecule has 1 fully saturated rings. The minimum absolute atomic E-state index is 0.125. The molecule has 0 N–H and O–H groups in total. The maximum atomic E-state index is 14.4. The highest BCUT2D eigenvalue weighted by Gasteiger charge is 2.73. The molecule has 6 heteroatoms. The molecule has 8 rings (SSSR count). The van der Waals surface area contributed by atoms with Crippen LogP contribution in [0.4, 0.5) is 11.4 Å². The Morgan fingerprint density at radius 3 is 1.00 bits per heavy atom. The van der Waals surface area contributed by atoms with E-state index in [0.717, 1.165) is 33.7 Å². The molecule has 0 atom stereocenters. The van der Waals surface area contributed by atoms with Crippen molar-refractivity contribution in [3.8, 4) is 20.9 Å². The number of carbonyl (C=O) groups is 2. The maximum absolute atomic E-state index is 14.4. The Morgan fingerprint density at radius 1 is 0.479 bits per heavy atom. The second-order valence-corrected chi connectivity index (χ2v) is 19.8. The predicted octanol–water partition coefficient (Wildman–Crippen LogP) is 11.2. The lowest BCUT2D eigenvalue weighted by Gasteiger charge is -2.67. The highest BCUT2D eigenvalue weighted by atomic mass is 32.1.